The van der Waals surface area contributed by atoms with Gasteiger partial charge in [0.05, 0.1) is 19.4 Å². The normalized spacial score (nSPS) is 9.83. The van der Waals surface area contributed by atoms with Gasteiger partial charge >= 0.3 is 0 Å². The standard InChI is InChI=1S/C10H9IN6O/c1-18-9-8(6-17(16-9)3-2-12)15-10-13-4-7(11)5-14-10/h4-6H,3H2,1H3,(H,13,14,15). The Balaban J connectivity index is 2.22. The van der Waals surface area contributed by atoms with Crippen molar-refractivity contribution in [1.29, 1.82) is 5.26 Å². The molecular formula is C10H9IN6O. The first kappa shape index (κ1) is 12.6. The quantitative estimate of drug-likeness (QED) is 0.837. The number of hydrogen-bond acceptors (Lipinski definition) is 6. The molecule has 0 unspecified atom stereocenters. The van der Waals surface area contributed by atoms with Crippen LogP contribution in [0.1, 0.15) is 0 Å². The Kier molecular flexibility index (Phi) is 3.93. The van der Waals surface area contributed by atoms with E-state index in [9.17, 15) is 0 Å². The monoisotopic (exact) mass is 356 g/mol. The summed E-state index contributed by atoms with van der Waals surface area (Å²) in [6.07, 6.45) is 5.06. The number of hydrogen-bond donors (Lipinski definition) is 1. The summed E-state index contributed by atoms with van der Waals surface area (Å²) in [5, 5.41) is 15.7. The van der Waals surface area contributed by atoms with Crippen LogP contribution in [0, 0.1) is 14.9 Å². The summed E-state index contributed by atoms with van der Waals surface area (Å²) in [6, 6.07) is 2.00. The number of ether oxygens (including phenoxy) is 1. The van der Waals surface area contributed by atoms with Crippen molar-refractivity contribution in [2.24, 2.45) is 0 Å². The van der Waals surface area contributed by atoms with Crippen LogP contribution in [0.3, 0.4) is 0 Å². The second-order valence-corrected chi connectivity index (χ2v) is 4.50. The molecule has 0 aliphatic carbocycles. The molecule has 8 heteroatoms. The van der Waals surface area contributed by atoms with E-state index < -0.39 is 0 Å². The smallest absolute Gasteiger partial charge is 0.256 e. The van der Waals surface area contributed by atoms with Crippen molar-refractivity contribution in [2.75, 3.05) is 12.4 Å². The molecular weight excluding hydrogens is 347 g/mol. The van der Waals surface area contributed by atoms with Crippen LogP contribution in [0.15, 0.2) is 18.6 Å². The van der Waals surface area contributed by atoms with Crippen LogP contribution in [0.25, 0.3) is 0 Å². The van der Waals surface area contributed by atoms with Gasteiger partial charge in [-0.15, -0.1) is 5.10 Å². The maximum atomic E-state index is 8.62. The number of nitrogens with one attached hydrogen (secondary N) is 1. The highest BCUT2D eigenvalue weighted by atomic mass is 127. The molecule has 7 nitrogen and oxygen atoms in total. The van der Waals surface area contributed by atoms with Gasteiger partial charge in [0, 0.05) is 16.0 Å². The average molecular weight is 356 g/mol. The number of methoxy groups -OCH3 is 1. The second-order valence-electron chi connectivity index (χ2n) is 3.26. The van der Waals surface area contributed by atoms with E-state index in [1.807, 2.05) is 6.07 Å². The lowest BCUT2D eigenvalue weighted by molar-refractivity contribution is 0.392. The molecule has 92 valence electrons. The Morgan fingerprint density at radius 3 is 2.83 bits per heavy atom. The van der Waals surface area contributed by atoms with Crippen LogP contribution in [0.4, 0.5) is 11.6 Å². The average Bonchev–Trinajstić information content (AvgIpc) is 2.75. The topological polar surface area (TPSA) is 88.7 Å². The first-order valence-corrected chi connectivity index (χ1v) is 6.03. The Morgan fingerprint density at radius 2 is 2.22 bits per heavy atom. The molecule has 0 aromatic carbocycles. The lowest BCUT2D eigenvalue weighted by Crippen LogP contribution is -1.97. The largest absolute Gasteiger partial charge is 0.478 e. The van der Waals surface area contributed by atoms with Crippen LogP contribution < -0.4 is 10.1 Å². The van der Waals surface area contributed by atoms with Crippen LogP contribution in [-0.4, -0.2) is 26.9 Å². The van der Waals surface area contributed by atoms with Gasteiger partial charge < -0.3 is 10.1 Å². The molecule has 2 rings (SSSR count). The van der Waals surface area contributed by atoms with Gasteiger partial charge in [0.25, 0.3) is 5.88 Å². The molecule has 0 spiro atoms. The molecule has 0 amide bonds. The summed E-state index contributed by atoms with van der Waals surface area (Å²) in [4.78, 5) is 8.23. The van der Waals surface area contributed by atoms with E-state index in [0.29, 0.717) is 17.5 Å². The zero-order chi connectivity index (χ0) is 13.0. The fourth-order valence-electron chi connectivity index (χ4n) is 1.29. The summed E-state index contributed by atoms with van der Waals surface area (Å²) < 4.78 is 7.54. The van der Waals surface area contributed by atoms with Crippen molar-refractivity contribution in [2.45, 2.75) is 6.54 Å². The number of aromatic nitrogens is 4. The van der Waals surface area contributed by atoms with Crippen molar-refractivity contribution in [3.05, 3.63) is 22.2 Å². The van der Waals surface area contributed by atoms with Gasteiger partial charge in [0.2, 0.25) is 5.95 Å². The molecule has 2 heterocycles. The van der Waals surface area contributed by atoms with E-state index in [-0.39, 0.29) is 6.54 Å². The van der Waals surface area contributed by atoms with E-state index in [1.54, 1.807) is 18.6 Å². The zero-order valence-corrected chi connectivity index (χ0v) is 11.6. The summed E-state index contributed by atoms with van der Waals surface area (Å²) >= 11 is 2.13. The summed E-state index contributed by atoms with van der Waals surface area (Å²) in [5.41, 5.74) is 0.619. The SMILES string of the molecule is COc1nn(CC#N)cc1Nc1ncc(I)cn1. The van der Waals surface area contributed by atoms with Gasteiger partial charge in [-0.2, -0.15) is 5.26 Å². The molecule has 2 aromatic rings. The highest BCUT2D eigenvalue weighted by Gasteiger charge is 2.10. The van der Waals surface area contributed by atoms with Crippen molar-refractivity contribution in [3.63, 3.8) is 0 Å². The third kappa shape index (κ3) is 2.86. The molecule has 1 N–H and O–H groups in total. The molecule has 0 radical (unpaired) electrons. The Morgan fingerprint density at radius 1 is 1.50 bits per heavy atom. The molecule has 0 bridgehead atoms. The highest BCUT2D eigenvalue weighted by Crippen LogP contribution is 2.24. The van der Waals surface area contributed by atoms with Gasteiger partial charge in [-0.25, -0.2) is 9.97 Å². The fraction of sp³-hybridized carbons (Fsp3) is 0.200. The minimum atomic E-state index is 0.158. The molecule has 0 aliphatic rings. The Labute approximate surface area is 117 Å². The molecule has 2 aromatic heterocycles. The lowest BCUT2D eigenvalue weighted by Gasteiger charge is -2.02. The van der Waals surface area contributed by atoms with Gasteiger partial charge in [-0.05, 0) is 22.6 Å². The summed E-state index contributed by atoms with van der Waals surface area (Å²) in [5.74, 6) is 0.845. The number of nitrogens with zero attached hydrogens (tertiary/aromatic N) is 5. The third-order valence-corrected chi connectivity index (χ3v) is 2.58. The van der Waals surface area contributed by atoms with E-state index in [1.165, 1.54) is 11.8 Å². The molecule has 0 saturated heterocycles. The number of halogens is 1. The van der Waals surface area contributed by atoms with E-state index in [2.05, 4.69) is 43.0 Å². The zero-order valence-electron chi connectivity index (χ0n) is 9.46. The maximum absolute atomic E-state index is 8.62. The van der Waals surface area contributed by atoms with Gasteiger partial charge in [-0.1, -0.05) is 0 Å². The fourth-order valence-corrected chi connectivity index (χ4v) is 1.57. The lowest BCUT2D eigenvalue weighted by atomic mass is 10.5. The molecule has 0 fully saturated rings. The predicted octanol–water partition coefficient (Wildman–Crippen LogP) is 1.55. The summed E-state index contributed by atoms with van der Waals surface area (Å²) in [7, 11) is 1.51. The maximum Gasteiger partial charge on any atom is 0.256 e. The number of rotatable bonds is 4. The van der Waals surface area contributed by atoms with E-state index >= 15 is 0 Å². The minimum absolute atomic E-state index is 0.158. The van der Waals surface area contributed by atoms with Crippen LogP contribution >= 0.6 is 22.6 Å². The molecule has 0 aliphatic heterocycles. The van der Waals surface area contributed by atoms with Gasteiger partial charge in [0.1, 0.15) is 12.2 Å². The van der Waals surface area contributed by atoms with E-state index in [0.717, 1.165) is 3.57 Å². The summed E-state index contributed by atoms with van der Waals surface area (Å²) in [6.45, 7) is 0.158. The van der Waals surface area contributed by atoms with Crippen LogP contribution in [0.5, 0.6) is 5.88 Å². The molecule has 18 heavy (non-hydrogen) atoms. The van der Waals surface area contributed by atoms with Crippen LogP contribution in [-0.2, 0) is 6.54 Å². The number of nitriles is 1. The Bertz CT molecular complexity index is 573. The van der Waals surface area contributed by atoms with Crippen molar-refractivity contribution >= 4 is 34.2 Å². The van der Waals surface area contributed by atoms with Crippen molar-refractivity contribution in [1.82, 2.24) is 19.7 Å². The van der Waals surface area contributed by atoms with Crippen LogP contribution in [0.2, 0.25) is 0 Å². The predicted molar refractivity (Wildman–Crippen MR) is 72.4 cm³/mol. The highest BCUT2D eigenvalue weighted by molar-refractivity contribution is 14.1. The van der Waals surface area contributed by atoms with Gasteiger partial charge in [-0.3, -0.25) is 4.68 Å². The molecule has 0 saturated carbocycles. The van der Waals surface area contributed by atoms with E-state index in [4.69, 9.17) is 10.00 Å². The Hall–Kier alpha value is -1.89. The second kappa shape index (κ2) is 5.63. The number of anilines is 2. The minimum Gasteiger partial charge on any atom is -0.478 e. The first-order valence-electron chi connectivity index (χ1n) is 4.96. The first-order chi connectivity index (χ1) is 8.72. The van der Waals surface area contributed by atoms with Crippen molar-refractivity contribution in [3.8, 4) is 11.9 Å². The molecule has 0 atom stereocenters. The van der Waals surface area contributed by atoms with Crippen molar-refractivity contribution < 1.29 is 4.74 Å². The third-order valence-electron chi connectivity index (χ3n) is 2.02. The van der Waals surface area contributed by atoms with Gasteiger partial charge in [0.15, 0.2) is 0 Å².